The van der Waals surface area contributed by atoms with Crippen molar-refractivity contribution in [3.05, 3.63) is 42.0 Å². The molecule has 0 unspecified atom stereocenters. The largest absolute Gasteiger partial charge is 0.372 e. The van der Waals surface area contributed by atoms with Gasteiger partial charge in [-0.3, -0.25) is 9.59 Å². The van der Waals surface area contributed by atoms with E-state index >= 15 is 0 Å². The first-order valence-corrected chi connectivity index (χ1v) is 9.88. The lowest BCUT2D eigenvalue weighted by Gasteiger charge is -2.39. The molecule has 2 aliphatic heterocycles. The molecule has 5 heteroatoms. The van der Waals surface area contributed by atoms with Gasteiger partial charge in [0, 0.05) is 45.1 Å². The molecule has 0 saturated carbocycles. The van der Waals surface area contributed by atoms with E-state index in [0.717, 1.165) is 38.0 Å². The van der Waals surface area contributed by atoms with Gasteiger partial charge in [0.1, 0.15) is 6.10 Å². The highest BCUT2D eigenvalue weighted by molar-refractivity contribution is 5.82. The molecule has 3 rings (SSSR count). The molecule has 0 bridgehead atoms. The number of methoxy groups -OCH3 is 1. The Balaban J connectivity index is 1.53. The molecule has 0 radical (unpaired) electrons. The van der Waals surface area contributed by atoms with Crippen LogP contribution in [0, 0.1) is 5.41 Å². The van der Waals surface area contributed by atoms with Crippen LogP contribution in [-0.4, -0.2) is 61.0 Å². The van der Waals surface area contributed by atoms with Gasteiger partial charge in [-0.25, -0.2) is 0 Å². The Morgan fingerprint density at radius 2 is 1.96 bits per heavy atom. The lowest BCUT2D eigenvalue weighted by Crippen LogP contribution is -2.48. The average molecular weight is 370 g/mol. The minimum Gasteiger partial charge on any atom is -0.372 e. The van der Waals surface area contributed by atoms with Crippen molar-refractivity contribution in [3.63, 3.8) is 0 Å². The van der Waals surface area contributed by atoms with E-state index in [9.17, 15) is 9.59 Å². The van der Waals surface area contributed by atoms with Gasteiger partial charge in [-0.2, -0.15) is 0 Å². The minimum absolute atomic E-state index is 0.0310. The number of likely N-dealkylation sites (tertiary alicyclic amines) is 2. The van der Waals surface area contributed by atoms with Crippen molar-refractivity contribution in [2.24, 2.45) is 5.41 Å². The normalized spacial score (nSPS) is 20.6. The Labute approximate surface area is 162 Å². The lowest BCUT2D eigenvalue weighted by atomic mass is 9.77. The Hall–Kier alpha value is -2.14. The van der Waals surface area contributed by atoms with Crippen LogP contribution in [0.2, 0.25) is 0 Å². The zero-order valence-corrected chi connectivity index (χ0v) is 16.4. The molecular formula is C22H30N2O3. The SMILES string of the molecule is CC[C@H](OC)C(=O)N1CCC2(CC1)CC(=O)N(C/C=C/c1ccccc1)C2. The van der Waals surface area contributed by atoms with Crippen molar-refractivity contribution in [2.75, 3.05) is 33.3 Å². The number of hydrogen-bond acceptors (Lipinski definition) is 3. The molecule has 1 spiro atoms. The number of hydrogen-bond donors (Lipinski definition) is 0. The summed E-state index contributed by atoms with van der Waals surface area (Å²) in [6.07, 6.45) is 6.87. The molecule has 146 valence electrons. The topological polar surface area (TPSA) is 49.9 Å². The Bertz CT molecular complexity index is 674. The second-order valence-corrected chi connectivity index (χ2v) is 7.72. The van der Waals surface area contributed by atoms with E-state index in [1.807, 2.05) is 34.9 Å². The Morgan fingerprint density at radius 3 is 2.59 bits per heavy atom. The van der Waals surface area contributed by atoms with E-state index in [-0.39, 0.29) is 23.3 Å². The number of carbonyl (C=O) groups is 2. The van der Waals surface area contributed by atoms with Gasteiger partial charge in [-0.05, 0) is 24.8 Å². The van der Waals surface area contributed by atoms with Gasteiger partial charge < -0.3 is 14.5 Å². The number of nitrogens with zero attached hydrogens (tertiary/aromatic N) is 2. The van der Waals surface area contributed by atoms with Crippen molar-refractivity contribution in [3.8, 4) is 0 Å². The van der Waals surface area contributed by atoms with Crippen LogP contribution in [0.25, 0.3) is 6.08 Å². The van der Waals surface area contributed by atoms with E-state index in [4.69, 9.17) is 4.74 Å². The van der Waals surface area contributed by atoms with Crippen LogP contribution in [0.4, 0.5) is 0 Å². The fraction of sp³-hybridized carbons (Fsp3) is 0.545. The highest BCUT2D eigenvalue weighted by atomic mass is 16.5. The molecule has 1 aromatic rings. The third-order valence-corrected chi connectivity index (χ3v) is 5.91. The zero-order valence-electron chi connectivity index (χ0n) is 16.4. The minimum atomic E-state index is -0.344. The van der Waals surface area contributed by atoms with Crippen LogP contribution in [0.3, 0.4) is 0 Å². The number of amides is 2. The van der Waals surface area contributed by atoms with Gasteiger partial charge in [-0.15, -0.1) is 0 Å². The first kappa shape index (κ1) is 19.6. The monoisotopic (exact) mass is 370 g/mol. The second-order valence-electron chi connectivity index (χ2n) is 7.72. The molecule has 0 aliphatic carbocycles. The van der Waals surface area contributed by atoms with Crippen LogP contribution in [0.15, 0.2) is 36.4 Å². The smallest absolute Gasteiger partial charge is 0.251 e. The van der Waals surface area contributed by atoms with Gasteiger partial charge in [0.25, 0.3) is 5.91 Å². The zero-order chi connectivity index (χ0) is 19.3. The lowest BCUT2D eigenvalue weighted by molar-refractivity contribution is -0.144. The summed E-state index contributed by atoms with van der Waals surface area (Å²) >= 11 is 0. The molecule has 2 saturated heterocycles. The molecule has 27 heavy (non-hydrogen) atoms. The Kier molecular flexibility index (Phi) is 6.32. The average Bonchev–Trinajstić information content (AvgIpc) is 2.99. The Morgan fingerprint density at radius 1 is 1.26 bits per heavy atom. The van der Waals surface area contributed by atoms with E-state index in [1.165, 1.54) is 0 Å². The first-order valence-electron chi connectivity index (χ1n) is 9.88. The standard InChI is InChI=1S/C22H30N2O3/c1-3-19(27-2)21(26)23-14-11-22(12-15-23)16-20(25)24(17-22)13-7-10-18-8-5-4-6-9-18/h4-10,19H,3,11-17H2,1-2H3/b10-7+/t19-/m0/s1. The predicted molar refractivity (Wildman–Crippen MR) is 106 cm³/mol. The molecule has 2 aliphatic rings. The summed E-state index contributed by atoms with van der Waals surface area (Å²) in [6.45, 7) is 4.86. The van der Waals surface area contributed by atoms with Crippen LogP contribution < -0.4 is 0 Å². The number of benzene rings is 1. The van der Waals surface area contributed by atoms with Crippen molar-refractivity contribution in [1.29, 1.82) is 0 Å². The van der Waals surface area contributed by atoms with Crippen LogP contribution in [-0.2, 0) is 14.3 Å². The van der Waals surface area contributed by atoms with E-state index in [1.54, 1.807) is 7.11 Å². The van der Waals surface area contributed by atoms with Crippen LogP contribution >= 0.6 is 0 Å². The number of rotatable bonds is 6. The molecule has 1 atom stereocenters. The van der Waals surface area contributed by atoms with Crippen molar-refractivity contribution < 1.29 is 14.3 Å². The van der Waals surface area contributed by atoms with Gasteiger partial charge >= 0.3 is 0 Å². The van der Waals surface area contributed by atoms with Gasteiger partial charge in [0.05, 0.1) is 0 Å². The van der Waals surface area contributed by atoms with E-state index in [2.05, 4.69) is 24.3 Å². The predicted octanol–water partition coefficient (Wildman–Crippen LogP) is 2.97. The first-order chi connectivity index (χ1) is 13.1. The highest BCUT2D eigenvalue weighted by Crippen LogP contribution is 2.41. The third kappa shape index (κ3) is 4.59. The molecule has 1 aromatic carbocycles. The summed E-state index contributed by atoms with van der Waals surface area (Å²) in [5.41, 5.74) is 1.18. The molecule has 2 fully saturated rings. The van der Waals surface area contributed by atoms with Gasteiger partial charge in [-0.1, -0.05) is 49.4 Å². The van der Waals surface area contributed by atoms with Crippen LogP contribution in [0.5, 0.6) is 0 Å². The third-order valence-electron chi connectivity index (χ3n) is 5.91. The summed E-state index contributed by atoms with van der Waals surface area (Å²) in [4.78, 5) is 28.8. The maximum Gasteiger partial charge on any atom is 0.251 e. The number of carbonyl (C=O) groups excluding carboxylic acids is 2. The molecule has 2 amide bonds. The fourth-order valence-electron chi connectivity index (χ4n) is 4.21. The van der Waals surface area contributed by atoms with Crippen molar-refractivity contribution >= 4 is 17.9 Å². The second kappa shape index (κ2) is 8.70. The molecular weight excluding hydrogens is 340 g/mol. The molecule has 2 heterocycles. The molecule has 0 N–H and O–H groups in total. The summed E-state index contributed by atoms with van der Waals surface area (Å²) in [6, 6.07) is 10.1. The fourth-order valence-corrected chi connectivity index (χ4v) is 4.21. The highest BCUT2D eigenvalue weighted by Gasteiger charge is 2.45. The maximum absolute atomic E-state index is 12.5. The summed E-state index contributed by atoms with van der Waals surface area (Å²) in [5, 5.41) is 0. The molecule has 0 aromatic heterocycles. The number of ether oxygens (including phenoxy) is 1. The van der Waals surface area contributed by atoms with E-state index in [0.29, 0.717) is 19.4 Å². The molecule has 5 nitrogen and oxygen atoms in total. The van der Waals surface area contributed by atoms with E-state index < -0.39 is 0 Å². The summed E-state index contributed by atoms with van der Waals surface area (Å²) in [7, 11) is 1.59. The van der Waals surface area contributed by atoms with Crippen molar-refractivity contribution in [2.45, 2.75) is 38.7 Å². The van der Waals surface area contributed by atoms with Gasteiger partial charge in [0.15, 0.2) is 0 Å². The summed E-state index contributed by atoms with van der Waals surface area (Å²) in [5.74, 6) is 0.317. The number of piperidine rings is 1. The quantitative estimate of drug-likeness (QED) is 0.774. The summed E-state index contributed by atoms with van der Waals surface area (Å²) < 4.78 is 5.29. The maximum atomic E-state index is 12.5. The van der Waals surface area contributed by atoms with Crippen LogP contribution in [0.1, 0.15) is 38.2 Å². The van der Waals surface area contributed by atoms with Gasteiger partial charge in [0.2, 0.25) is 5.91 Å². The van der Waals surface area contributed by atoms with Crippen molar-refractivity contribution in [1.82, 2.24) is 9.80 Å².